The fraction of sp³-hybridized carbons (Fsp3) is 0.250. The van der Waals surface area contributed by atoms with Crippen LogP contribution in [0.3, 0.4) is 0 Å². The van der Waals surface area contributed by atoms with Crippen LogP contribution in [-0.4, -0.2) is 30.5 Å². The lowest BCUT2D eigenvalue weighted by Crippen LogP contribution is -2.23. The summed E-state index contributed by atoms with van der Waals surface area (Å²) in [5.41, 5.74) is 0.990. The van der Waals surface area contributed by atoms with Crippen LogP contribution in [0, 0.1) is 0 Å². The molecule has 0 fully saturated rings. The third-order valence-electron chi connectivity index (χ3n) is 3.39. The second-order valence-corrected chi connectivity index (χ2v) is 6.35. The normalized spacial score (nSPS) is 11.5. The van der Waals surface area contributed by atoms with E-state index in [-0.39, 0.29) is 22.8 Å². The summed E-state index contributed by atoms with van der Waals surface area (Å²) in [7, 11) is 0. The van der Waals surface area contributed by atoms with Gasteiger partial charge in [0.15, 0.2) is 0 Å². The molecular formula is C16H18N6O2. The fourth-order valence-electron chi connectivity index (χ4n) is 2.07. The largest absolute Gasteiger partial charge is 0.319 e. The maximum absolute atomic E-state index is 12.2. The molecule has 0 aliphatic rings. The van der Waals surface area contributed by atoms with Gasteiger partial charge in [-0.2, -0.15) is 0 Å². The van der Waals surface area contributed by atoms with Crippen molar-refractivity contribution in [2.45, 2.75) is 26.3 Å². The molecule has 1 amide bonds. The number of nitrogens with one attached hydrogen (secondary N) is 2. The summed E-state index contributed by atoms with van der Waals surface area (Å²) in [5.74, 6) is -0.260. The van der Waals surface area contributed by atoms with Gasteiger partial charge in [-0.3, -0.25) is 19.4 Å². The molecule has 24 heavy (non-hydrogen) atoms. The van der Waals surface area contributed by atoms with Gasteiger partial charge in [0, 0.05) is 18.0 Å². The van der Waals surface area contributed by atoms with E-state index in [4.69, 9.17) is 0 Å². The van der Waals surface area contributed by atoms with Gasteiger partial charge in [0.1, 0.15) is 6.33 Å². The molecule has 0 radical (unpaired) electrons. The van der Waals surface area contributed by atoms with Crippen molar-refractivity contribution in [3.63, 3.8) is 0 Å². The molecule has 2 heterocycles. The van der Waals surface area contributed by atoms with Gasteiger partial charge in [-0.1, -0.05) is 0 Å². The molecular weight excluding hydrogens is 308 g/mol. The van der Waals surface area contributed by atoms with Crippen LogP contribution in [0.2, 0.25) is 0 Å². The number of benzene rings is 1. The number of rotatable bonds is 3. The quantitative estimate of drug-likeness (QED) is 0.766. The highest BCUT2D eigenvalue weighted by molar-refractivity contribution is 6.01. The number of hydrogen-bond acceptors (Lipinski definition) is 4. The molecule has 8 heteroatoms. The van der Waals surface area contributed by atoms with Crippen molar-refractivity contribution < 1.29 is 4.79 Å². The van der Waals surface area contributed by atoms with Gasteiger partial charge in [0.25, 0.3) is 11.5 Å². The molecule has 2 N–H and O–H groups in total. The zero-order valence-electron chi connectivity index (χ0n) is 13.6. The van der Waals surface area contributed by atoms with Gasteiger partial charge in [-0.25, -0.2) is 9.67 Å². The van der Waals surface area contributed by atoms with Gasteiger partial charge < -0.3 is 5.32 Å². The van der Waals surface area contributed by atoms with Gasteiger partial charge in [-0.15, -0.1) is 5.10 Å². The van der Waals surface area contributed by atoms with Gasteiger partial charge in [0.2, 0.25) is 5.82 Å². The van der Waals surface area contributed by atoms with Crippen molar-refractivity contribution in [1.82, 2.24) is 24.5 Å². The molecule has 0 aliphatic carbocycles. The average Bonchev–Trinajstić information content (AvgIpc) is 3.16. The Balaban J connectivity index is 1.73. The van der Waals surface area contributed by atoms with Crippen molar-refractivity contribution >= 4 is 11.6 Å². The lowest BCUT2D eigenvalue weighted by Gasteiger charge is -2.17. The molecule has 3 rings (SSSR count). The highest BCUT2D eigenvalue weighted by atomic mass is 16.2. The van der Waals surface area contributed by atoms with Crippen LogP contribution < -0.4 is 10.9 Å². The lowest BCUT2D eigenvalue weighted by atomic mass is 10.1. The average molecular weight is 326 g/mol. The van der Waals surface area contributed by atoms with Crippen LogP contribution in [0.5, 0.6) is 0 Å². The molecule has 0 saturated carbocycles. The molecule has 8 nitrogen and oxygen atoms in total. The first kappa shape index (κ1) is 15.7. The van der Waals surface area contributed by atoms with Crippen LogP contribution in [0.15, 0.2) is 47.7 Å². The second kappa shape index (κ2) is 5.80. The number of anilines is 1. The van der Waals surface area contributed by atoms with Crippen molar-refractivity contribution in [3.05, 3.63) is 59.0 Å². The monoisotopic (exact) mass is 326 g/mol. The SMILES string of the molecule is CC(C)(C)n1cnc(C(=O)Nc2ccc(-n3ccc(=O)[nH]3)cc2)n1. The van der Waals surface area contributed by atoms with Crippen molar-refractivity contribution in [1.29, 1.82) is 0 Å². The van der Waals surface area contributed by atoms with Crippen LogP contribution in [0.4, 0.5) is 5.69 Å². The Kier molecular flexibility index (Phi) is 3.80. The second-order valence-electron chi connectivity index (χ2n) is 6.35. The molecule has 0 bridgehead atoms. The van der Waals surface area contributed by atoms with E-state index in [1.165, 1.54) is 6.07 Å². The molecule has 0 unspecified atom stereocenters. The summed E-state index contributed by atoms with van der Waals surface area (Å²) in [6.07, 6.45) is 3.18. The smallest absolute Gasteiger partial charge is 0.295 e. The molecule has 3 aromatic rings. The summed E-state index contributed by atoms with van der Waals surface area (Å²) < 4.78 is 3.24. The Morgan fingerprint density at radius 1 is 1.17 bits per heavy atom. The molecule has 1 aromatic carbocycles. The van der Waals surface area contributed by atoms with Crippen LogP contribution >= 0.6 is 0 Å². The number of H-pyrrole nitrogens is 1. The third kappa shape index (κ3) is 3.27. The fourth-order valence-corrected chi connectivity index (χ4v) is 2.07. The lowest BCUT2D eigenvalue weighted by molar-refractivity contribution is 0.101. The number of carbonyl (C=O) groups is 1. The van der Waals surface area contributed by atoms with E-state index in [0.717, 1.165) is 5.69 Å². The highest BCUT2D eigenvalue weighted by Gasteiger charge is 2.18. The Hall–Kier alpha value is -3.16. The van der Waals surface area contributed by atoms with Gasteiger partial charge in [-0.05, 0) is 45.0 Å². The zero-order chi connectivity index (χ0) is 17.3. The molecule has 124 valence electrons. The maximum Gasteiger partial charge on any atom is 0.295 e. The van der Waals surface area contributed by atoms with E-state index in [1.54, 1.807) is 46.2 Å². The van der Waals surface area contributed by atoms with Crippen LogP contribution in [0.25, 0.3) is 5.69 Å². The minimum Gasteiger partial charge on any atom is -0.319 e. The number of amides is 1. The molecule has 0 saturated heterocycles. The highest BCUT2D eigenvalue weighted by Crippen LogP contribution is 2.14. The number of aromatic amines is 1. The van der Waals surface area contributed by atoms with Crippen molar-refractivity contribution in [2.24, 2.45) is 0 Å². The van der Waals surface area contributed by atoms with Crippen molar-refractivity contribution in [2.75, 3.05) is 5.32 Å². The summed E-state index contributed by atoms with van der Waals surface area (Å²) in [5, 5.41) is 9.59. The Labute approximate surface area is 138 Å². The van der Waals surface area contributed by atoms with E-state index in [9.17, 15) is 9.59 Å². The minimum atomic E-state index is -0.375. The number of carbonyl (C=O) groups excluding carboxylic acids is 1. The number of aromatic nitrogens is 5. The van der Waals surface area contributed by atoms with Crippen LogP contribution in [0.1, 0.15) is 31.4 Å². The van der Waals surface area contributed by atoms with E-state index in [2.05, 4.69) is 20.5 Å². The summed E-state index contributed by atoms with van der Waals surface area (Å²) in [6.45, 7) is 5.94. The van der Waals surface area contributed by atoms with Gasteiger partial charge in [0.05, 0.1) is 11.2 Å². The standard InChI is InChI=1S/C16H18N6O2/c1-16(2,3)22-10-17-14(20-22)15(24)18-11-4-6-12(7-5-11)21-9-8-13(23)19-21/h4-10H,1-3H3,(H,18,24)(H,19,23). The zero-order valence-corrected chi connectivity index (χ0v) is 13.6. The van der Waals surface area contributed by atoms with E-state index < -0.39 is 0 Å². The first-order valence-corrected chi connectivity index (χ1v) is 7.44. The Morgan fingerprint density at radius 3 is 2.42 bits per heavy atom. The summed E-state index contributed by atoms with van der Waals surface area (Å²) in [6, 6.07) is 8.49. The third-order valence-corrected chi connectivity index (χ3v) is 3.39. The number of nitrogens with zero attached hydrogens (tertiary/aromatic N) is 4. The predicted molar refractivity (Wildman–Crippen MR) is 89.4 cm³/mol. The minimum absolute atomic E-state index is 0.115. The van der Waals surface area contributed by atoms with Crippen molar-refractivity contribution in [3.8, 4) is 5.69 Å². The summed E-state index contributed by atoms with van der Waals surface area (Å²) >= 11 is 0. The van der Waals surface area contributed by atoms with Crippen LogP contribution in [-0.2, 0) is 5.54 Å². The Bertz CT molecular complexity index is 911. The first-order valence-electron chi connectivity index (χ1n) is 7.44. The van der Waals surface area contributed by atoms with E-state index in [1.807, 2.05) is 20.8 Å². The van der Waals surface area contributed by atoms with E-state index >= 15 is 0 Å². The topological polar surface area (TPSA) is 97.6 Å². The number of hydrogen-bond donors (Lipinski definition) is 2. The maximum atomic E-state index is 12.2. The van der Waals surface area contributed by atoms with E-state index in [0.29, 0.717) is 5.69 Å². The molecule has 0 aliphatic heterocycles. The van der Waals surface area contributed by atoms with Gasteiger partial charge >= 0.3 is 0 Å². The molecule has 0 spiro atoms. The Morgan fingerprint density at radius 2 is 1.88 bits per heavy atom. The summed E-state index contributed by atoms with van der Waals surface area (Å²) in [4.78, 5) is 27.4. The first-order chi connectivity index (χ1) is 11.3. The molecule has 0 atom stereocenters. The predicted octanol–water partition coefficient (Wildman–Crippen LogP) is 1.76. The molecule has 2 aromatic heterocycles.